The molecule has 0 heterocycles. The van der Waals surface area contributed by atoms with Crippen molar-refractivity contribution < 1.29 is 14.9 Å². The van der Waals surface area contributed by atoms with Crippen molar-refractivity contribution in [3.63, 3.8) is 0 Å². The van der Waals surface area contributed by atoms with Gasteiger partial charge < -0.3 is 14.9 Å². The summed E-state index contributed by atoms with van der Waals surface area (Å²) in [5, 5.41) is 21.9. The summed E-state index contributed by atoms with van der Waals surface area (Å²) >= 11 is 0. The average molecular weight is 579 g/mol. The van der Waals surface area contributed by atoms with E-state index in [0.29, 0.717) is 40.8 Å². The lowest BCUT2D eigenvalue weighted by molar-refractivity contribution is -0.119. The highest BCUT2D eigenvalue weighted by Crippen LogP contribution is 2.68. The molecule has 4 aliphatic rings. The van der Waals surface area contributed by atoms with Crippen molar-refractivity contribution in [1.82, 2.24) is 0 Å². The van der Waals surface area contributed by atoms with Gasteiger partial charge in [-0.15, -0.1) is 0 Å². The summed E-state index contributed by atoms with van der Waals surface area (Å²) in [5.41, 5.74) is 1.96. The van der Waals surface area contributed by atoms with Crippen LogP contribution >= 0.6 is 0 Å². The van der Waals surface area contributed by atoms with Gasteiger partial charge in [0, 0.05) is 0 Å². The van der Waals surface area contributed by atoms with Crippen molar-refractivity contribution in [2.45, 2.75) is 131 Å². The second-order valence-corrected chi connectivity index (χ2v) is 15.9. The molecular weight excluding hydrogens is 516 g/mol. The van der Waals surface area contributed by atoms with E-state index in [1.807, 2.05) is 12.1 Å². The molecule has 4 aliphatic carbocycles. The summed E-state index contributed by atoms with van der Waals surface area (Å²) in [4.78, 5) is 0. The molecule has 0 aromatic heterocycles. The molecule has 0 saturated heterocycles. The third-order valence-electron chi connectivity index (χ3n) is 13.9. The van der Waals surface area contributed by atoms with Gasteiger partial charge >= 0.3 is 0 Å². The van der Waals surface area contributed by atoms with Gasteiger partial charge in [0.25, 0.3) is 0 Å². The minimum atomic E-state index is -0.310. The van der Waals surface area contributed by atoms with Gasteiger partial charge in [-0.1, -0.05) is 72.1 Å². The van der Waals surface area contributed by atoms with Gasteiger partial charge in [-0.25, -0.2) is 0 Å². The van der Waals surface area contributed by atoms with E-state index in [2.05, 4.69) is 46.8 Å². The maximum atomic E-state index is 11.9. The van der Waals surface area contributed by atoms with E-state index < -0.39 is 0 Å². The number of aromatic hydroxyl groups is 1. The zero-order valence-electron chi connectivity index (χ0n) is 27.8. The normalized spacial score (nSPS) is 36.7. The van der Waals surface area contributed by atoms with Gasteiger partial charge in [0.15, 0.2) is 11.5 Å². The van der Waals surface area contributed by atoms with Gasteiger partial charge in [0.05, 0.1) is 13.2 Å². The van der Waals surface area contributed by atoms with Gasteiger partial charge in [-0.05, 0) is 146 Å². The first-order valence-electron chi connectivity index (χ1n) is 17.8. The standard InChI is InChI=1S/C39H62O3/c1-7-28(26(2)3)15-17-31(35(40)13-10-11-27-14-21-36(41)37(25-27)42-6)33-20-19-32-30-18-16-29-12-8-9-23-38(29,4)34(30)22-24-39(32,33)5/h10-11,14,21,25-26,28-35,40-41H,7-9,12-13,15-20,22-24H2,1-6H3/b11-10+/t28-,29?,30+,31-,32+,33-,34+,35?,38+,39+/m1/s1. The SMILES string of the molecule is CC[C@H](CC[C@@H](C(O)C/C=C/c1ccc(O)c(OC)c1)[C@H]1CC[C@H]2[C@@H]3CCC4CCCC[C@]4(C)[C@H]3CC[C@]12C)C(C)C. The number of benzene rings is 1. The van der Waals surface area contributed by atoms with E-state index >= 15 is 0 Å². The zero-order chi connectivity index (χ0) is 30.1. The summed E-state index contributed by atoms with van der Waals surface area (Å²) in [6.45, 7) is 12.5. The van der Waals surface area contributed by atoms with Gasteiger partial charge in [-0.2, -0.15) is 0 Å². The largest absolute Gasteiger partial charge is 0.504 e. The van der Waals surface area contributed by atoms with Gasteiger partial charge in [0.1, 0.15) is 0 Å². The monoisotopic (exact) mass is 578 g/mol. The second kappa shape index (κ2) is 13.3. The summed E-state index contributed by atoms with van der Waals surface area (Å²) in [6, 6.07) is 5.47. The van der Waals surface area contributed by atoms with Crippen molar-refractivity contribution in [3.05, 3.63) is 29.8 Å². The first-order valence-corrected chi connectivity index (χ1v) is 17.8. The summed E-state index contributed by atoms with van der Waals surface area (Å²) in [7, 11) is 1.58. The van der Waals surface area contributed by atoms with E-state index in [0.717, 1.165) is 41.6 Å². The Balaban J connectivity index is 1.34. The maximum Gasteiger partial charge on any atom is 0.161 e. The molecule has 0 radical (unpaired) electrons. The summed E-state index contributed by atoms with van der Waals surface area (Å²) < 4.78 is 5.30. The average Bonchev–Trinajstić information content (AvgIpc) is 3.32. The first kappa shape index (κ1) is 31.9. The highest BCUT2D eigenvalue weighted by atomic mass is 16.5. The Labute approximate surface area is 257 Å². The third-order valence-corrected chi connectivity index (χ3v) is 13.9. The number of fused-ring (bicyclic) bond motifs is 5. The Morgan fingerprint density at radius 1 is 0.952 bits per heavy atom. The fourth-order valence-corrected chi connectivity index (χ4v) is 11.4. The molecule has 2 unspecified atom stereocenters. The minimum Gasteiger partial charge on any atom is -0.504 e. The van der Waals surface area contributed by atoms with E-state index in [9.17, 15) is 10.2 Å². The molecule has 0 amide bonds. The molecule has 2 N–H and O–H groups in total. The molecule has 1 aromatic rings. The fraction of sp³-hybridized carbons (Fsp3) is 0.795. The van der Waals surface area contributed by atoms with Crippen LogP contribution in [0.4, 0.5) is 0 Å². The fourth-order valence-electron chi connectivity index (χ4n) is 11.4. The lowest BCUT2D eigenvalue weighted by Crippen LogP contribution is -2.53. The number of aliphatic hydroxyl groups is 1. The van der Waals surface area contributed by atoms with Gasteiger partial charge in [-0.3, -0.25) is 0 Å². The molecule has 42 heavy (non-hydrogen) atoms. The Kier molecular flexibility index (Phi) is 10.1. The number of hydrogen-bond acceptors (Lipinski definition) is 3. The zero-order valence-corrected chi connectivity index (χ0v) is 27.8. The molecule has 0 bridgehead atoms. The van der Waals surface area contributed by atoms with Gasteiger partial charge in [0.2, 0.25) is 0 Å². The van der Waals surface area contributed by atoms with Crippen molar-refractivity contribution in [2.75, 3.05) is 7.11 Å². The predicted molar refractivity (Wildman–Crippen MR) is 175 cm³/mol. The predicted octanol–water partition coefficient (Wildman–Crippen LogP) is 10.3. The molecular formula is C39H62O3. The van der Waals surface area contributed by atoms with Crippen LogP contribution in [0.15, 0.2) is 24.3 Å². The number of hydrogen-bond donors (Lipinski definition) is 2. The second-order valence-electron chi connectivity index (χ2n) is 15.9. The van der Waals surface area contributed by atoms with Crippen LogP contribution in [0.5, 0.6) is 11.5 Å². The minimum absolute atomic E-state index is 0.162. The third kappa shape index (κ3) is 6.07. The molecule has 4 saturated carbocycles. The molecule has 10 atom stereocenters. The Bertz CT molecular complexity index is 1060. The molecule has 0 aliphatic heterocycles. The van der Waals surface area contributed by atoms with Crippen molar-refractivity contribution >= 4 is 6.08 Å². The number of methoxy groups -OCH3 is 1. The smallest absolute Gasteiger partial charge is 0.161 e. The van der Waals surface area contributed by atoms with Crippen LogP contribution in [0, 0.1) is 58.2 Å². The molecule has 3 nitrogen and oxygen atoms in total. The molecule has 4 fully saturated rings. The van der Waals surface area contributed by atoms with Crippen LogP contribution in [0.3, 0.4) is 0 Å². The van der Waals surface area contributed by atoms with Crippen LogP contribution in [-0.2, 0) is 0 Å². The highest BCUT2D eigenvalue weighted by Gasteiger charge is 2.60. The molecule has 236 valence electrons. The first-order chi connectivity index (χ1) is 20.1. The summed E-state index contributed by atoms with van der Waals surface area (Å²) in [5.74, 6) is 6.76. The Morgan fingerprint density at radius 3 is 2.48 bits per heavy atom. The molecule has 5 rings (SSSR count). The quantitative estimate of drug-likeness (QED) is 0.275. The Morgan fingerprint density at radius 2 is 1.74 bits per heavy atom. The van der Waals surface area contributed by atoms with Crippen LogP contribution < -0.4 is 4.74 Å². The topological polar surface area (TPSA) is 49.7 Å². The number of phenols is 1. The van der Waals surface area contributed by atoms with E-state index in [-0.39, 0.29) is 11.9 Å². The lowest BCUT2D eigenvalue weighted by atomic mass is 9.44. The van der Waals surface area contributed by atoms with Crippen LogP contribution in [0.2, 0.25) is 0 Å². The number of ether oxygens (including phenoxy) is 1. The van der Waals surface area contributed by atoms with E-state index in [1.54, 1.807) is 13.2 Å². The van der Waals surface area contributed by atoms with Crippen molar-refractivity contribution in [1.29, 1.82) is 0 Å². The van der Waals surface area contributed by atoms with E-state index in [4.69, 9.17) is 4.74 Å². The van der Waals surface area contributed by atoms with Crippen LogP contribution in [-0.4, -0.2) is 23.4 Å². The van der Waals surface area contributed by atoms with E-state index in [1.165, 1.54) is 77.0 Å². The molecule has 0 spiro atoms. The van der Waals surface area contributed by atoms with Crippen molar-refractivity contribution in [2.24, 2.45) is 58.2 Å². The maximum absolute atomic E-state index is 11.9. The molecule has 1 aromatic carbocycles. The van der Waals surface area contributed by atoms with Crippen LogP contribution in [0.25, 0.3) is 6.08 Å². The lowest BCUT2D eigenvalue weighted by Gasteiger charge is -2.61. The number of phenolic OH excluding ortho intramolecular Hbond substituents is 1. The number of rotatable bonds is 11. The van der Waals surface area contributed by atoms with Crippen molar-refractivity contribution in [3.8, 4) is 11.5 Å². The summed E-state index contributed by atoms with van der Waals surface area (Å²) in [6.07, 6.45) is 22.5. The highest BCUT2D eigenvalue weighted by molar-refractivity contribution is 5.55. The van der Waals surface area contributed by atoms with Crippen LogP contribution in [0.1, 0.15) is 130 Å². The Hall–Kier alpha value is -1.48. The number of aliphatic hydroxyl groups excluding tert-OH is 1. The molecule has 3 heteroatoms.